The van der Waals surface area contributed by atoms with Crippen molar-refractivity contribution < 1.29 is 0 Å². The fourth-order valence-electron chi connectivity index (χ4n) is 10.4. The van der Waals surface area contributed by atoms with Crippen molar-refractivity contribution in [1.29, 1.82) is 0 Å². The number of aromatic nitrogens is 4. The second-order valence-electron chi connectivity index (χ2n) is 16.4. The van der Waals surface area contributed by atoms with Crippen LogP contribution in [0.2, 0.25) is 0 Å². The van der Waals surface area contributed by atoms with E-state index in [1.807, 2.05) is 0 Å². The van der Waals surface area contributed by atoms with Gasteiger partial charge in [-0.05, 0) is 112 Å². The van der Waals surface area contributed by atoms with Crippen molar-refractivity contribution in [3.05, 3.63) is 206 Å². The molecule has 282 valence electrons. The van der Waals surface area contributed by atoms with Crippen LogP contribution in [0.5, 0.6) is 0 Å². The lowest BCUT2D eigenvalue weighted by Gasteiger charge is -2.15. The molecule has 0 saturated carbocycles. The molecule has 0 fully saturated rings. The van der Waals surface area contributed by atoms with Gasteiger partial charge in [-0.2, -0.15) is 0 Å². The highest BCUT2D eigenvalue weighted by molar-refractivity contribution is 6.24. The van der Waals surface area contributed by atoms with E-state index in [0.29, 0.717) is 0 Å². The molecule has 0 radical (unpaired) electrons. The average Bonchev–Trinajstić information content (AvgIpc) is 4.05. The standard InChI is InChI=1S/C57H34N4/c1-2-14-35(15-3-1)38-28-39(40-32-46-44-20-8-12-24-51(44)61-52-25-13-9-21-45(52)47(33-40)57(46)61)30-41(29-38)59-53-26-27-55(58-56(53)48-31-36-16-4-5-17-37(36)34-54(48)59)60-49-22-10-6-18-42(49)43-19-7-11-23-50(43)60/h1-34H. The monoisotopic (exact) mass is 774 g/mol. The summed E-state index contributed by atoms with van der Waals surface area (Å²) in [6.45, 7) is 0. The molecule has 0 spiro atoms. The van der Waals surface area contributed by atoms with E-state index in [1.54, 1.807) is 0 Å². The van der Waals surface area contributed by atoms with Gasteiger partial charge in [0.15, 0.2) is 0 Å². The summed E-state index contributed by atoms with van der Waals surface area (Å²) in [7, 11) is 0. The van der Waals surface area contributed by atoms with E-state index >= 15 is 0 Å². The molecule has 4 nitrogen and oxygen atoms in total. The Labute approximate surface area is 349 Å². The van der Waals surface area contributed by atoms with Crippen LogP contribution in [0.15, 0.2) is 206 Å². The molecule has 0 unspecified atom stereocenters. The van der Waals surface area contributed by atoms with Crippen LogP contribution in [0.4, 0.5) is 0 Å². The number of rotatable bonds is 4. The van der Waals surface area contributed by atoms with E-state index in [4.69, 9.17) is 4.98 Å². The predicted molar refractivity (Wildman–Crippen MR) is 256 cm³/mol. The summed E-state index contributed by atoms with van der Waals surface area (Å²) in [6.07, 6.45) is 0. The molecule has 14 rings (SSSR count). The molecular weight excluding hydrogens is 741 g/mol. The first-order chi connectivity index (χ1) is 30.2. The molecule has 0 bridgehead atoms. The van der Waals surface area contributed by atoms with Gasteiger partial charge in [0, 0.05) is 43.4 Å². The Hall–Kier alpha value is -8.21. The predicted octanol–water partition coefficient (Wildman–Crippen LogP) is 14.9. The number of para-hydroxylation sites is 4. The van der Waals surface area contributed by atoms with Crippen LogP contribution in [-0.2, 0) is 0 Å². The van der Waals surface area contributed by atoms with Crippen molar-refractivity contribution in [3.8, 4) is 33.8 Å². The Kier molecular flexibility index (Phi) is 6.52. The number of fused-ring (bicyclic) bond motifs is 13. The lowest BCUT2D eigenvalue weighted by molar-refractivity contribution is 1.10. The molecule has 0 atom stereocenters. The summed E-state index contributed by atoms with van der Waals surface area (Å²) in [5, 5.41) is 11.1. The molecule has 0 aliphatic carbocycles. The molecule has 0 aliphatic heterocycles. The van der Waals surface area contributed by atoms with E-state index in [1.165, 1.54) is 76.3 Å². The minimum absolute atomic E-state index is 0.904. The van der Waals surface area contributed by atoms with Gasteiger partial charge in [0.25, 0.3) is 0 Å². The topological polar surface area (TPSA) is 27.2 Å². The molecule has 4 heteroatoms. The maximum absolute atomic E-state index is 5.61. The molecule has 9 aromatic carbocycles. The minimum Gasteiger partial charge on any atom is -0.308 e. The Morgan fingerprint density at radius 2 is 0.803 bits per heavy atom. The van der Waals surface area contributed by atoms with Crippen LogP contribution in [0.25, 0.3) is 126 Å². The fourth-order valence-corrected chi connectivity index (χ4v) is 10.4. The van der Waals surface area contributed by atoms with Gasteiger partial charge in [-0.15, -0.1) is 0 Å². The van der Waals surface area contributed by atoms with Crippen molar-refractivity contribution >= 4 is 92.6 Å². The van der Waals surface area contributed by atoms with Gasteiger partial charge in [-0.25, -0.2) is 4.98 Å². The van der Waals surface area contributed by atoms with E-state index in [9.17, 15) is 0 Å². The average molecular weight is 775 g/mol. The first kappa shape index (κ1) is 32.7. The summed E-state index contributed by atoms with van der Waals surface area (Å²) in [6, 6.07) is 75.5. The Bertz CT molecular complexity index is 3970. The van der Waals surface area contributed by atoms with Gasteiger partial charge in [0.1, 0.15) is 5.82 Å². The summed E-state index contributed by atoms with van der Waals surface area (Å²) in [4.78, 5) is 5.61. The fraction of sp³-hybridized carbons (Fsp3) is 0. The first-order valence-electron chi connectivity index (χ1n) is 21.0. The van der Waals surface area contributed by atoms with Crippen LogP contribution in [0.3, 0.4) is 0 Å². The van der Waals surface area contributed by atoms with Gasteiger partial charge < -0.3 is 8.97 Å². The smallest absolute Gasteiger partial charge is 0.138 e. The van der Waals surface area contributed by atoms with Crippen molar-refractivity contribution in [2.24, 2.45) is 0 Å². The molecule has 5 aromatic heterocycles. The van der Waals surface area contributed by atoms with Crippen LogP contribution in [0.1, 0.15) is 0 Å². The van der Waals surface area contributed by atoms with E-state index in [2.05, 4.69) is 220 Å². The third kappa shape index (κ3) is 4.56. The summed E-state index contributed by atoms with van der Waals surface area (Å²) in [5.74, 6) is 0.904. The highest BCUT2D eigenvalue weighted by Crippen LogP contribution is 2.44. The van der Waals surface area contributed by atoms with E-state index in [0.717, 1.165) is 50.0 Å². The highest BCUT2D eigenvalue weighted by Gasteiger charge is 2.22. The second-order valence-corrected chi connectivity index (χ2v) is 16.4. The van der Waals surface area contributed by atoms with Gasteiger partial charge >= 0.3 is 0 Å². The lowest BCUT2D eigenvalue weighted by atomic mass is 9.95. The van der Waals surface area contributed by atoms with E-state index in [-0.39, 0.29) is 0 Å². The number of pyridine rings is 1. The summed E-state index contributed by atoms with van der Waals surface area (Å²) >= 11 is 0. The van der Waals surface area contributed by atoms with Crippen LogP contribution in [-0.4, -0.2) is 18.5 Å². The Morgan fingerprint density at radius 1 is 0.295 bits per heavy atom. The number of hydrogen-bond acceptors (Lipinski definition) is 1. The molecule has 0 saturated heterocycles. The molecule has 5 heterocycles. The molecule has 14 aromatic rings. The van der Waals surface area contributed by atoms with Crippen LogP contribution in [0, 0.1) is 0 Å². The molecular formula is C57H34N4. The van der Waals surface area contributed by atoms with E-state index < -0.39 is 0 Å². The van der Waals surface area contributed by atoms with Crippen molar-refractivity contribution in [1.82, 2.24) is 18.5 Å². The molecule has 0 aliphatic rings. The molecule has 61 heavy (non-hydrogen) atoms. The Morgan fingerprint density at radius 3 is 1.44 bits per heavy atom. The molecule has 0 N–H and O–H groups in total. The SMILES string of the molecule is c1ccc(-c2cc(-c3cc4c5ccccc5n5c6ccccc6c(c3)c45)cc(-n3c4cc5ccccc5cc4c4nc(-n5c6ccccc6c6ccccc65)ccc43)c2)cc1. The summed E-state index contributed by atoms with van der Waals surface area (Å²) < 4.78 is 7.21. The zero-order chi connectivity index (χ0) is 39.8. The van der Waals surface area contributed by atoms with Gasteiger partial charge in [-0.1, -0.05) is 127 Å². The first-order valence-corrected chi connectivity index (χ1v) is 21.0. The second kappa shape index (κ2) is 12.2. The van der Waals surface area contributed by atoms with Crippen LogP contribution < -0.4 is 0 Å². The highest BCUT2D eigenvalue weighted by atomic mass is 15.1. The summed E-state index contributed by atoms with van der Waals surface area (Å²) in [5.41, 5.74) is 15.0. The third-order valence-corrected chi connectivity index (χ3v) is 13.1. The zero-order valence-corrected chi connectivity index (χ0v) is 32.9. The number of nitrogens with zero attached hydrogens (tertiary/aromatic N) is 4. The minimum atomic E-state index is 0.904. The zero-order valence-electron chi connectivity index (χ0n) is 32.9. The van der Waals surface area contributed by atoms with Gasteiger partial charge in [0.05, 0.1) is 44.1 Å². The lowest BCUT2D eigenvalue weighted by Crippen LogP contribution is -1.99. The normalized spacial score (nSPS) is 12.3. The maximum Gasteiger partial charge on any atom is 0.138 e. The number of benzene rings is 9. The van der Waals surface area contributed by atoms with Crippen LogP contribution >= 0.6 is 0 Å². The number of hydrogen-bond donors (Lipinski definition) is 0. The third-order valence-electron chi connectivity index (χ3n) is 13.1. The molecule has 0 amide bonds. The quantitative estimate of drug-likeness (QED) is 0.175. The van der Waals surface area contributed by atoms with Crippen molar-refractivity contribution in [2.75, 3.05) is 0 Å². The Balaban J connectivity index is 1.07. The maximum atomic E-state index is 5.61. The van der Waals surface area contributed by atoms with Crippen molar-refractivity contribution in [3.63, 3.8) is 0 Å². The van der Waals surface area contributed by atoms with Gasteiger partial charge in [-0.3, -0.25) is 4.57 Å². The van der Waals surface area contributed by atoms with Crippen molar-refractivity contribution in [2.45, 2.75) is 0 Å². The largest absolute Gasteiger partial charge is 0.308 e. The van der Waals surface area contributed by atoms with Gasteiger partial charge in [0.2, 0.25) is 0 Å².